The van der Waals surface area contributed by atoms with Crippen LogP contribution in [0.1, 0.15) is 29.9 Å². The second-order valence-corrected chi connectivity index (χ2v) is 8.51. The molecule has 0 radical (unpaired) electrons. The van der Waals surface area contributed by atoms with Gasteiger partial charge in [0.2, 0.25) is 5.91 Å². The lowest BCUT2D eigenvalue weighted by Crippen LogP contribution is -2.38. The van der Waals surface area contributed by atoms with E-state index in [0.717, 1.165) is 22.3 Å². The van der Waals surface area contributed by atoms with Gasteiger partial charge in [0.25, 0.3) is 0 Å². The normalized spacial score (nSPS) is 19.2. The molecule has 2 aromatic carbocycles. The van der Waals surface area contributed by atoms with Gasteiger partial charge in [-0.3, -0.25) is 9.59 Å². The maximum Gasteiger partial charge on any atom is 0.407 e. The van der Waals surface area contributed by atoms with E-state index in [4.69, 9.17) is 14.6 Å². The third-order valence-electron chi connectivity index (χ3n) is 6.37. The highest BCUT2D eigenvalue weighted by Gasteiger charge is 2.43. The number of aliphatic carboxylic acids is 1. The number of carboxylic acid groups (broad SMARTS) is 1. The number of nitrogens with one attached hydrogen (secondary N) is 2. The molecule has 3 atom stereocenters. The summed E-state index contributed by atoms with van der Waals surface area (Å²) in [7, 11) is 1.47. The zero-order valence-corrected chi connectivity index (χ0v) is 18.5. The highest BCUT2D eigenvalue weighted by atomic mass is 16.5. The zero-order chi connectivity index (χ0) is 23.4. The Balaban J connectivity index is 1.22. The first-order valence-corrected chi connectivity index (χ1v) is 11.1. The first kappa shape index (κ1) is 22.8. The molecule has 8 heteroatoms. The molecule has 0 spiro atoms. The summed E-state index contributed by atoms with van der Waals surface area (Å²) in [6, 6.07) is 16.2. The summed E-state index contributed by atoms with van der Waals surface area (Å²) in [4.78, 5) is 35.3. The predicted molar refractivity (Wildman–Crippen MR) is 121 cm³/mol. The Hall–Kier alpha value is -3.39. The van der Waals surface area contributed by atoms with Gasteiger partial charge in [-0.15, -0.1) is 0 Å². The molecule has 33 heavy (non-hydrogen) atoms. The van der Waals surface area contributed by atoms with Gasteiger partial charge in [-0.2, -0.15) is 0 Å². The van der Waals surface area contributed by atoms with E-state index in [9.17, 15) is 14.4 Å². The summed E-state index contributed by atoms with van der Waals surface area (Å²) in [6.07, 6.45) is -0.432. The molecular weight excluding hydrogens is 424 g/mol. The summed E-state index contributed by atoms with van der Waals surface area (Å²) in [6.45, 7) is 0.679. The number of benzene rings is 2. The minimum absolute atomic E-state index is 0.00797. The third-order valence-corrected chi connectivity index (χ3v) is 6.37. The topological polar surface area (TPSA) is 114 Å². The van der Waals surface area contributed by atoms with Crippen molar-refractivity contribution in [3.05, 3.63) is 59.7 Å². The Bertz CT molecular complexity index is 994. The fraction of sp³-hybridized carbons (Fsp3) is 0.400. The summed E-state index contributed by atoms with van der Waals surface area (Å²) in [5.74, 6) is -1.46. The van der Waals surface area contributed by atoms with Gasteiger partial charge in [-0.1, -0.05) is 48.5 Å². The van der Waals surface area contributed by atoms with E-state index in [1.165, 1.54) is 7.11 Å². The van der Waals surface area contributed by atoms with E-state index < -0.39 is 18.2 Å². The van der Waals surface area contributed by atoms with E-state index >= 15 is 0 Å². The number of carboxylic acids is 1. The lowest BCUT2D eigenvalue weighted by molar-refractivity contribution is -0.139. The standard InChI is InChI=1S/C25H28N2O6/c1-32-16(11-23(28)26-12-15-10-21(15)24(29)30)13-27-25(31)33-14-22-19-8-4-2-6-17(19)18-7-3-5-9-20(18)22/h2-9,15-16,21-22H,10-14H2,1H3,(H,26,28)(H,27,31)(H,29,30). The van der Waals surface area contributed by atoms with Gasteiger partial charge >= 0.3 is 12.1 Å². The first-order valence-electron chi connectivity index (χ1n) is 11.1. The molecule has 1 saturated carbocycles. The van der Waals surface area contributed by atoms with Crippen LogP contribution in [-0.4, -0.2) is 56.0 Å². The second kappa shape index (κ2) is 10.0. The van der Waals surface area contributed by atoms with Crippen LogP contribution >= 0.6 is 0 Å². The molecular formula is C25H28N2O6. The molecule has 0 aliphatic heterocycles. The van der Waals surface area contributed by atoms with Crippen LogP contribution in [0.4, 0.5) is 4.79 Å². The molecule has 0 bridgehead atoms. The van der Waals surface area contributed by atoms with Crippen molar-refractivity contribution in [3.63, 3.8) is 0 Å². The van der Waals surface area contributed by atoms with Gasteiger partial charge < -0.3 is 25.2 Å². The maximum atomic E-state index is 12.3. The van der Waals surface area contributed by atoms with E-state index in [-0.39, 0.29) is 43.2 Å². The quantitative estimate of drug-likeness (QED) is 0.511. The minimum atomic E-state index is -0.823. The summed E-state index contributed by atoms with van der Waals surface area (Å²) >= 11 is 0. The molecule has 2 aliphatic rings. The average molecular weight is 453 g/mol. The van der Waals surface area contributed by atoms with Crippen LogP contribution < -0.4 is 10.6 Å². The van der Waals surface area contributed by atoms with Gasteiger partial charge in [-0.05, 0) is 34.6 Å². The number of ether oxygens (including phenoxy) is 2. The van der Waals surface area contributed by atoms with E-state index in [0.29, 0.717) is 13.0 Å². The highest BCUT2D eigenvalue weighted by Crippen LogP contribution is 2.44. The maximum absolute atomic E-state index is 12.3. The molecule has 0 saturated heterocycles. The van der Waals surface area contributed by atoms with Crippen molar-refractivity contribution >= 4 is 18.0 Å². The summed E-state index contributed by atoms with van der Waals surface area (Å²) in [5, 5.41) is 14.3. The van der Waals surface area contributed by atoms with Crippen LogP contribution in [0, 0.1) is 11.8 Å². The monoisotopic (exact) mass is 452 g/mol. The SMILES string of the molecule is COC(CNC(=O)OCC1c2ccccc2-c2ccccc21)CC(=O)NCC1CC1C(=O)O. The average Bonchev–Trinajstić information content (AvgIpc) is 3.55. The Labute approximate surface area is 192 Å². The summed E-state index contributed by atoms with van der Waals surface area (Å²) in [5.41, 5.74) is 4.60. The fourth-order valence-corrected chi connectivity index (χ4v) is 4.38. The fourth-order valence-electron chi connectivity index (χ4n) is 4.38. The molecule has 2 aliphatic carbocycles. The van der Waals surface area contributed by atoms with Gasteiger partial charge in [-0.25, -0.2) is 4.79 Å². The Morgan fingerprint density at radius 2 is 1.67 bits per heavy atom. The van der Waals surface area contributed by atoms with Crippen LogP contribution in [0.3, 0.4) is 0 Å². The van der Waals surface area contributed by atoms with Crippen molar-refractivity contribution in [1.29, 1.82) is 0 Å². The zero-order valence-electron chi connectivity index (χ0n) is 18.5. The molecule has 3 unspecified atom stereocenters. The third kappa shape index (κ3) is 5.34. The van der Waals surface area contributed by atoms with E-state index in [2.05, 4.69) is 34.9 Å². The smallest absolute Gasteiger partial charge is 0.407 e. The molecule has 0 aromatic heterocycles. The van der Waals surface area contributed by atoms with Crippen LogP contribution in [0.5, 0.6) is 0 Å². The number of fused-ring (bicyclic) bond motifs is 3. The van der Waals surface area contributed by atoms with Crippen LogP contribution in [0.25, 0.3) is 11.1 Å². The van der Waals surface area contributed by atoms with Gasteiger partial charge in [0.15, 0.2) is 0 Å². The minimum Gasteiger partial charge on any atom is -0.481 e. The van der Waals surface area contributed by atoms with Gasteiger partial charge in [0.05, 0.1) is 18.4 Å². The molecule has 1 fully saturated rings. The van der Waals surface area contributed by atoms with Crippen LogP contribution in [0.2, 0.25) is 0 Å². The highest BCUT2D eigenvalue weighted by molar-refractivity contribution is 5.79. The molecule has 174 valence electrons. The van der Waals surface area contributed by atoms with Gasteiger partial charge in [0, 0.05) is 26.1 Å². The molecule has 8 nitrogen and oxygen atoms in total. The Morgan fingerprint density at radius 3 is 2.24 bits per heavy atom. The Kier molecular flexibility index (Phi) is 6.93. The van der Waals surface area contributed by atoms with Gasteiger partial charge in [0.1, 0.15) is 6.61 Å². The largest absolute Gasteiger partial charge is 0.481 e. The van der Waals surface area contributed by atoms with Crippen molar-refractivity contribution in [2.45, 2.75) is 24.9 Å². The number of rotatable bonds is 10. The van der Waals surface area contributed by atoms with E-state index in [1.54, 1.807) is 0 Å². The summed E-state index contributed by atoms with van der Waals surface area (Å²) < 4.78 is 10.8. The predicted octanol–water partition coefficient (Wildman–Crippen LogP) is 2.77. The lowest BCUT2D eigenvalue weighted by atomic mass is 9.98. The first-order chi connectivity index (χ1) is 16.0. The molecule has 4 rings (SSSR count). The second-order valence-electron chi connectivity index (χ2n) is 8.51. The number of methoxy groups -OCH3 is 1. The van der Waals surface area contributed by atoms with Crippen molar-refractivity contribution in [2.24, 2.45) is 11.8 Å². The van der Waals surface area contributed by atoms with Crippen LogP contribution in [-0.2, 0) is 19.1 Å². The molecule has 3 N–H and O–H groups in total. The Morgan fingerprint density at radius 1 is 1.03 bits per heavy atom. The number of amides is 2. The van der Waals surface area contributed by atoms with Crippen molar-refractivity contribution < 1.29 is 29.0 Å². The molecule has 0 heterocycles. The molecule has 2 amide bonds. The number of carbonyl (C=O) groups excluding carboxylic acids is 2. The lowest BCUT2D eigenvalue weighted by Gasteiger charge is -2.17. The number of carbonyl (C=O) groups is 3. The number of alkyl carbamates (subject to hydrolysis) is 1. The van der Waals surface area contributed by atoms with Crippen LogP contribution in [0.15, 0.2) is 48.5 Å². The number of hydrogen-bond acceptors (Lipinski definition) is 5. The van der Waals surface area contributed by atoms with Crippen molar-refractivity contribution in [2.75, 3.05) is 26.8 Å². The van der Waals surface area contributed by atoms with E-state index in [1.807, 2.05) is 24.3 Å². The van der Waals surface area contributed by atoms with Crippen molar-refractivity contribution in [3.8, 4) is 11.1 Å². The van der Waals surface area contributed by atoms with Crippen molar-refractivity contribution in [1.82, 2.24) is 10.6 Å². The number of hydrogen-bond donors (Lipinski definition) is 3. The molecule has 2 aromatic rings.